The molecule has 0 aliphatic carbocycles. The number of benzene rings is 1. The quantitative estimate of drug-likeness (QED) is 0.748. The van der Waals surface area contributed by atoms with Crippen molar-refractivity contribution < 1.29 is 9.53 Å². The van der Waals surface area contributed by atoms with Crippen molar-refractivity contribution in [2.24, 2.45) is 5.92 Å². The zero-order chi connectivity index (χ0) is 16.7. The molecule has 2 rings (SSSR count). The second-order valence-electron chi connectivity index (χ2n) is 6.64. The number of ketones is 1. The van der Waals surface area contributed by atoms with E-state index in [1.807, 2.05) is 18.2 Å². The molecule has 1 N–H and O–H groups in total. The Hall–Kier alpha value is -1.39. The molecule has 1 aromatic carbocycles. The van der Waals surface area contributed by atoms with Gasteiger partial charge < -0.3 is 15.0 Å². The number of ether oxygens (including phenoxy) is 1. The lowest BCUT2D eigenvalue weighted by molar-refractivity contribution is 0.0959. The van der Waals surface area contributed by atoms with Gasteiger partial charge in [-0.3, -0.25) is 4.79 Å². The van der Waals surface area contributed by atoms with Crippen LogP contribution in [0.15, 0.2) is 18.2 Å². The molecule has 0 atom stereocenters. The zero-order valence-electron chi connectivity index (χ0n) is 14.7. The van der Waals surface area contributed by atoms with E-state index in [0.717, 1.165) is 56.0 Å². The molecule has 1 heterocycles. The average molecular weight is 318 g/mol. The van der Waals surface area contributed by atoms with E-state index in [0.29, 0.717) is 18.9 Å². The van der Waals surface area contributed by atoms with Crippen LogP contribution in [0.3, 0.4) is 0 Å². The predicted molar refractivity (Wildman–Crippen MR) is 94.4 cm³/mol. The highest BCUT2D eigenvalue weighted by atomic mass is 16.5. The Morgan fingerprint density at radius 3 is 2.70 bits per heavy atom. The molecule has 1 aromatic rings. The van der Waals surface area contributed by atoms with Gasteiger partial charge in [0.15, 0.2) is 5.78 Å². The van der Waals surface area contributed by atoms with Gasteiger partial charge in [-0.25, -0.2) is 0 Å². The third-order valence-corrected chi connectivity index (χ3v) is 4.21. The lowest BCUT2D eigenvalue weighted by Gasteiger charge is -2.26. The molecule has 128 valence electrons. The molecule has 1 fully saturated rings. The summed E-state index contributed by atoms with van der Waals surface area (Å²) in [5.74, 6) is 1.62. The first-order chi connectivity index (χ1) is 11.1. The van der Waals surface area contributed by atoms with Crippen LogP contribution < -0.4 is 10.1 Å². The summed E-state index contributed by atoms with van der Waals surface area (Å²) in [7, 11) is 0. The molecule has 1 saturated heterocycles. The molecule has 0 aromatic heterocycles. The topological polar surface area (TPSA) is 41.6 Å². The predicted octanol–water partition coefficient (Wildman–Crippen LogP) is 2.76. The maximum absolute atomic E-state index is 12.6. The molecular weight excluding hydrogens is 288 g/mol. The Morgan fingerprint density at radius 1 is 1.30 bits per heavy atom. The van der Waals surface area contributed by atoms with Crippen molar-refractivity contribution in [1.29, 1.82) is 0 Å². The first kappa shape index (κ1) is 18.0. The first-order valence-electron chi connectivity index (χ1n) is 8.82. The number of hydrogen-bond donors (Lipinski definition) is 1. The number of aryl methyl sites for hydroxylation is 1. The minimum atomic E-state index is 0.246. The highest BCUT2D eigenvalue weighted by Crippen LogP contribution is 2.21. The van der Waals surface area contributed by atoms with E-state index < -0.39 is 0 Å². The lowest BCUT2D eigenvalue weighted by Crippen LogP contribution is -2.44. The Bertz CT molecular complexity index is 508. The van der Waals surface area contributed by atoms with Gasteiger partial charge in [0.25, 0.3) is 0 Å². The van der Waals surface area contributed by atoms with Gasteiger partial charge >= 0.3 is 0 Å². The summed E-state index contributed by atoms with van der Waals surface area (Å²) in [5.41, 5.74) is 1.95. The summed E-state index contributed by atoms with van der Waals surface area (Å²) < 4.78 is 5.77. The summed E-state index contributed by atoms with van der Waals surface area (Å²) in [4.78, 5) is 14.9. The number of Topliss-reactive ketones (excluding diaryl/α,β-unsaturated/α-hetero) is 1. The number of piperazine rings is 1. The van der Waals surface area contributed by atoms with Crippen LogP contribution in [-0.4, -0.2) is 50.0 Å². The van der Waals surface area contributed by atoms with Crippen LogP contribution in [0.4, 0.5) is 0 Å². The van der Waals surface area contributed by atoms with Gasteiger partial charge in [-0.05, 0) is 36.1 Å². The van der Waals surface area contributed by atoms with Crippen molar-refractivity contribution in [2.45, 2.75) is 33.6 Å². The number of carbonyl (C=O) groups excluding carboxylic acids is 1. The highest BCUT2D eigenvalue weighted by Gasteiger charge is 2.15. The molecule has 4 heteroatoms. The highest BCUT2D eigenvalue weighted by molar-refractivity contribution is 5.97. The summed E-state index contributed by atoms with van der Waals surface area (Å²) in [5, 5.41) is 3.34. The minimum Gasteiger partial charge on any atom is -0.493 e. The molecule has 0 spiro atoms. The van der Waals surface area contributed by atoms with Crippen molar-refractivity contribution in [1.82, 2.24) is 10.2 Å². The van der Waals surface area contributed by atoms with Gasteiger partial charge in [-0.1, -0.05) is 20.8 Å². The lowest BCUT2D eigenvalue weighted by atomic mass is 9.99. The second-order valence-corrected chi connectivity index (χ2v) is 6.64. The molecule has 0 saturated carbocycles. The number of nitrogens with zero attached hydrogens (tertiary/aromatic N) is 1. The molecule has 0 bridgehead atoms. The SMILES string of the molecule is CCc1cc(OCC(C)C)ccc1C(=O)CCN1CCNCC1. The van der Waals surface area contributed by atoms with Crippen LogP contribution in [0.1, 0.15) is 43.1 Å². The monoisotopic (exact) mass is 318 g/mol. The number of rotatable bonds is 8. The van der Waals surface area contributed by atoms with Gasteiger partial charge in [0.1, 0.15) is 5.75 Å². The van der Waals surface area contributed by atoms with Crippen molar-refractivity contribution >= 4 is 5.78 Å². The fourth-order valence-corrected chi connectivity index (χ4v) is 2.82. The van der Waals surface area contributed by atoms with Crippen molar-refractivity contribution in [3.05, 3.63) is 29.3 Å². The number of hydrogen-bond acceptors (Lipinski definition) is 4. The van der Waals surface area contributed by atoms with Gasteiger partial charge in [-0.2, -0.15) is 0 Å². The van der Waals surface area contributed by atoms with Crippen LogP contribution in [0.2, 0.25) is 0 Å². The average Bonchev–Trinajstić information content (AvgIpc) is 2.58. The van der Waals surface area contributed by atoms with E-state index >= 15 is 0 Å². The van der Waals surface area contributed by atoms with Crippen LogP contribution in [0.5, 0.6) is 5.75 Å². The fourth-order valence-electron chi connectivity index (χ4n) is 2.82. The second kappa shape index (κ2) is 9.04. The molecular formula is C19H30N2O2. The maximum Gasteiger partial charge on any atom is 0.164 e. The van der Waals surface area contributed by atoms with E-state index in [1.54, 1.807) is 0 Å². The Kier molecular flexibility index (Phi) is 7.06. The maximum atomic E-state index is 12.6. The summed E-state index contributed by atoms with van der Waals surface area (Å²) >= 11 is 0. The molecule has 1 aliphatic rings. The summed E-state index contributed by atoms with van der Waals surface area (Å²) in [6.07, 6.45) is 1.45. The van der Waals surface area contributed by atoms with Crippen molar-refractivity contribution in [2.75, 3.05) is 39.3 Å². The Morgan fingerprint density at radius 2 is 2.04 bits per heavy atom. The van der Waals surface area contributed by atoms with E-state index in [9.17, 15) is 4.79 Å². The van der Waals surface area contributed by atoms with E-state index in [1.165, 1.54) is 0 Å². The number of nitrogens with one attached hydrogen (secondary N) is 1. The van der Waals surface area contributed by atoms with Crippen LogP contribution in [0, 0.1) is 5.92 Å². The fraction of sp³-hybridized carbons (Fsp3) is 0.632. The van der Waals surface area contributed by atoms with Crippen LogP contribution in [0.25, 0.3) is 0 Å². The molecule has 0 unspecified atom stereocenters. The zero-order valence-corrected chi connectivity index (χ0v) is 14.7. The molecule has 1 aliphatic heterocycles. The third kappa shape index (κ3) is 5.63. The largest absolute Gasteiger partial charge is 0.493 e. The smallest absolute Gasteiger partial charge is 0.164 e. The summed E-state index contributed by atoms with van der Waals surface area (Å²) in [6, 6.07) is 5.90. The van der Waals surface area contributed by atoms with Crippen LogP contribution in [-0.2, 0) is 6.42 Å². The van der Waals surface area contributed by atoms with E-state index in [-0.39, 0.29) is 5.78 Å². The Labute approximate surface area is 140 Å². The normalized spacial score (nSPS) is 15.8. The van der Waals surface area contributed by atoms with Crippen molar-refractivity contribution in [3.8, 4) is 5.75 Å². The first-order valence-corrected chi connectivity index (χ1v) is 8.82. The Balaban J connectivity index is 1.95. The minimum absolute atomic E-state index is 0.246. The van der Waals surface area contributed by atoms with Gasteiger partial charge in [0, 0.05) is 44.7 Å². The van der Waals surface area contributed by atoms with E-state index in [2.05, 4.69) is 31.0 Å². The molecule has 23 heavy (non-hydrogen) atoms. The van der Waals surface area contributed by atoms with E-state index in [4.69, 9.17) is 4.74 Å². The van der Waals surface area contributed by atoms with Gasteiger partial charge in [-0.15, -0.1) is 0 Å². The number of carbonyl (C=O) groups is 1. The molecule has 4 nitrogen and oxygen atoms in total. The summed E-state index contributed by atoms with van der Waals surface area (Å²) in [6.45, 7) is 12.0. The standard InChI is InChI=1S/C19H30N2O2/c1-4-16-13-17(23-14-15(2)3)5-6-18(16)19(22)7-10-21-11-8-20-9-12-21/h5-6,13,15,20H,4,7-12,14H2,1-3H3. The van der Waals surface area contributed by atoms with Crippen LogP contribution >= 0.6 is 0 Å². The van der Waals surface area contributed by atoms with Gasteiger partial charge in [0.05, 0.1) is 6.61 Å². The molecule has 0 amide bonds. The molecule has 0 radical (unpaired) electrons. The van der Waals surface area contributed by atoms with Crippen molar-refractivity contribution in [3.63, 3.8) is 0 Å². The van der Waals surface area contributed by atoms with Gasteiger partial charge in [0.2, 0.25) is 0 Å². The third-order valence-electron chi connectivity index (χ3n) is 4.21.